The minimum absolute atomic E-state index is 0.0761. The van der Waals surface area contributed by atoms with Crippen LogP contribution in [-0.4, -0.2) is 148 Å². The van der Waals surface area contributed by atoms with Gasteiger partial charge in [0.15, 0.2) is 12.6 Å². The van der Waals surface area contributed by atoms with Gasteiger partial charge >= 0.3 is 5.97 Å². The second kappa shape index (κ2) is 19.8. The highest BCUT2D eigenvalue weighted by Gasteiger charge is 2.54. The molecule has 18 atom stereocenters. The molecule has 4 rings (SSSR count). The van der Waals surface area contributed by atoms with Crippen LogP contribution in [0.1, 0.15) is 100 Å². The highest BCUT2D eigenvalue weighted by atomic mass is 16.7. The molecule has 3 saturated heterocycles. The quantitative estimate of drug-likeness (QED) is 0.213. The molecule has 1 aromatic rings. The normalized spacial score (nSPS) is 44.5. The number of aromatic hydroxyl groups is 1. The molecule has 0 saturated carbocycles. The lowest BCUT2D eigenvalue weighted by Crippen LogP contribution is -2.61. The van der Waals surface area contributed by atoms with Crippen molar-refractivity contribution in [3.05, 3.63) is 29.8 Å². The third kappa shape index (κ3) is 10.9. The van der Waals surface area contributed by atoms with Gasteiger partial charge in [0.05, 0.1) is 47.6 Å². The van der Waals surface area contributed by atoms with Crippen LogP contribution in [0.15, 0.2) is 24.3 Å². The van der Waals surface area contributed by atoms with Crippen molar-refractivity contribution in [1.29, 1.82) is 0 Å². The Morgan fingerprint density at radius 3 is 2.03 bits per heavy atom. The lowest BCUT2D eigenvalue weighted by Gasteiger charge is -2.50. The van der Waals surface area contributed by atoms with E-state index in [1.807, 2.05) is 37.9 Å². The summed E-state index contributed by atoms with van der Waals surface area (Å²) in [6.45, 7) is 17.4. The Morgan fingerprint density at radius 2 is 1.46 bits per heavy atom. The molecule has 1 aromatic carbocycles. The van der Waals surface area contributed by atoms with E-state index in [0.717, 1.165) is 5.56 Å². The average molecular weight is 840 g/mol. The lowest BCUT2D eigenvalue weighted by atomic mass is 9.74. The molecule has 338 valence electrons. The zero-order chi connectivity index (χ0) is 44.4. The largest absolute Gasteiger partial charge is 0.508 e. The Hall–Kier alpha value is -2.28. The molecule has 0 spiro atoms. The van der Waals surface area contributed by atoms with Gasteiger partial charge in [-0.2, -0.15) is 0 Å². The van der Waals surface area contributed by atoms with E-state index >= 15 is 0 Å². The van der Waals surface area contributed by atoms with Crippen molar-refractivity contribution in [2.24, 2.45) is 23.7 Å². The maximum atomic E-state index is 14.3. The number of rotatable bonds is 10. The van der Waals surface area contributed by atoms with Gasteiger partial charge in [-0.3, -0.25) is 14.5 Å². The van der Waals surface area contributed by atoms with Crippen molar-refractivity contribution in [2.45, 2.75) is 186 Å². The Bertz CT molecular complexity index is 1530. The molecule has 0 radical (unpaired) electrons. The SMILES string of the molecule is CC[C@H]1OC(=O)[C@H](C)[C@@H](O[C@H]2C[C@@](C)(OC)[C@@H](O)[C@H](C)O2)[C@H](C)[C@@H](O[C@@H]2O[C@H](C)C[C@H](N(C)Cc3ccc(O)cc3)[C@H]2O)[C@@](C)(OC)C[C@@H](C)C(=O)[C@H](C)[C@@H](O)[C@]1(C)O. The first kappa shape index (κ1) is 49.4. The molecular weight excluding hydrogens is 766 g/mol. The molecule has 3 aliphatic rings. The number of phenols is 1. The molecule has 0 bridgehead atoms. The number of likely N-dealkylation sites (N-methyl/N-ethyl adjacent to an activating group) is 1. The fraction of sp³-hybridized carbons (Fsp3) is 0.818. The number of Topliss-reactive ketones (excluding diaryl/α,β-unsaturated/α-hetero) is 1. The summed E-state index contributed by atoms with van der Waals surface area (Å²) in [4.78, 5) is 30.5. The summed E-state index contributed by atoms with van der Waals surface area (Å²) < 4.78 is 44.4. The van der Waals surface area contributed by atoms with E-state index in [0.29, 0.717) is 13.0 Å². The highest BCUT2D eigenvalue weighted by molar-refractivity contribution is 5.83. The number of aliphatic hydroxyl groups is 4. The molecule has 0 aromatic heterocycles. The summed E-state index contributed by atoms with van der Waals surface area (Å²) in [6.07, 6.45) is -9.41. The van der Waals surface area contributed by atoms with E-state index < -0.39 is 108 Å². The molecule has 15 nitrogen and oxygen atoms in total. The zero-order valence-corrected chi connectivity index (χ0v) is 37.4. The summed E-state index contributed by atoms with van der Waals surface area (Å²) in [5.74, 6) is -4.51. The van der Waals surface area contributed by atoms with Crippen molar-refractivity contribution in [1.82, 2.24) is 4.90 Å². The van der Waals surface area contributed by atoms with Crippen LogP contribution in [0.25, 0.3) is 0 Å². The Balaban J connectivity index is 1.82. The van der Waals surface area contributed by atoms with Crippen molar-refractivity contribution in [3.63, 3.8) is 0 Å². The van der Waals surface area contributed by atoms with Gasteiger partial charge in [-0.1, -0.05) is 39.8 Å². The van der Waals surface area contributed by atoms with E-state index in [4.69, 9.17) is 33.2 Å². The van der Waals surface area contributed by atoms with Crippen LogP contribution in [0.2, 0.25) is 0 Å². The predicted octanol–water partition coefficient (Wildman–Crippen LogP) is 3.72. The van der Waals surface area contributed by atoms with Gasteiger partial charge in [-0.05, 0) is 85.5 Å². The Morgan fingerprint density at radius 1 is 0.847 bits per heavy atom. The number of esters is 1. The van der Waals surface area contributed by atoms with Crippen LogP contribution < -0.4 is 0 Å². The number of nitrogens with zero attached hydrogens (tertiary/aromatic N) is 1. The van der Waals surface area contributed by atoms with Crippen molar-refractivity contribution >= 4 is 11.8 Å². The number of carbonyl (C=O) groups excluding carboxylic acids is 2. The molecule has 3 heterocycles. The van der Waals surface area contributed by atoms with Crippen LogP contribution in [0.4, 0.5) is 0 Å². The monoisotopic (exact) mass is 840 g/mol. The minimum atomic E-state index is -1.99. The second-order valence-corrected chi connectivity index (χ2v) is 18.2. The van der Waals surface area contributed by atoms with Crippen LogP contribution in [0, 0.1) is 23.7 Å². The molecule has 5 N–H and O–H groups in total. The van der Waals surface area contributed by atoms with Gasteiger partial charge in [-0.25, -0.2) is 0 Å². The molecule has 0 amide bonds. The average Bonchev–Trinajstić information content (AvgIpc) is 3.19. The molecule has 0 unspecified atom stereocenters. The van der Waals surface area contributed by atoms with E-state index in [1.54, 1.807) is 60.6 Å². The molecule has 3 aliphatic heterocycles. The summed E-state index contributed by atoms with van der Waals surface area (Å²) >= 11 is 0. The highest BCUT2D eigenvalue weighted by Crippen LogP contribution is 2.42. The number of aliphatic hydroxyl groups excluding tert-OH is 3. The van der Waals surface area contributed by atoms with Crippen molar-refractivity contribution in [2.75, 3.05) is 21.3 Å². The zero-order valence-electron chi connectivity index (χ0n) is 37.4. The maximum absolute atomic E-state index is 14.3. The molecular formula is C44H73NO14. The van der Waals surface area contributed by atoms with E-state index in [2.05, 4.69) is 0 Å². The van der Waals surface area contributed by atoms with Gasteiger partial charge in [0.25, 0.3) is 0 Å². The summed E-state index contributed by atoms with van der Waals surface area (Å²) in [7, 11) is 4.89. The fourth-order valence-electron chi connectivity index (χ4n) is 9.52. The number of phenolic OH excluding ortho intramolecular Hbond substituents is 1. The minimum Gasteiger partial charge on any atom is -0.508 e. The Labute approximate surface area is 350 Å². The first-order chi connectivity index (χ1) is 27.4. The number of ketones is 1. The van der Waals surface area contributed by atoms with E-state index in [9.17, 15) is 35.1 Å². The van der Waals surface area contributed by atoms with E-state index in [-0.39, 0.29) is 36.9 Å². The maximum Gasteiger partial charge on any atom is 0.311 e. The lowest BCUT2D eigenvalue weighted by molar-refractivity contribution is -0.319. The molecule has 0 aliphatic carbocycles. The van der Waals surface area contributed by atoms with E-state index in [1.165, 1.54) is 21.1 Å². The van der Waals surface area contributed by atoms with Gasteiger partial charge < -0.3 is 58.7 Å². The number of ether oxygens (including phenoxy) is 7. The summed E-state index contributed by atoms with van der Waals surface area (Å²) in [5, 5.41) is 56.1. The number of carbonyl (C=O) groups is 2. The van der Waals surface area contributed by atoms with Crippen LogP contribution in [-0.2, 0) is 49.3 Å². The topological polar surface area (TPSA) is 203 Å². The van der Waals surface area contributed by atoms with Gasteiger partial charge in [-0.15, -0.1) is 0 Å². The summed E-state index contributed by atoms with van der Waals surface area (Å²) in [5.41, 5.74) is -3.42. The number of methoxy groups -OCH3 is 2. The second-order valence-electron chi connectivity index (χ2n) is 18.2. The standard InChI is InChI=1S/C44H73NO14/c1-14-32-44(10,52)37(49)25(4)34(47)23(2)20-43(9,54-13)39(59-41-35(48)31(19-24(3)55-41)45(11)22-29-15-17-30(46)18-16-29)26(5)36(27(6)40(51)57-32)58-33-21-42(8,53-12)38(50)28(7)56-33/h15-18,23-28,31-33,35-39,41,46,48-50,52H,14,19-22H2,1-13H3/t23-,24-,25+,26+,27-,28+,31+,32-,33+,35-,36+,37-,38+,39-,41+,42-,43+,44-/m1/s1. The number of hydrogen-bond acceptors (Lipinski definition) is 15. The number of hydrogen-bond donors (Lipinski definition) is 5. The van der Waals surface area contributed by atoms with Crippen LogP contribution in [0.5, 0.6) is 5.75 Å². The first-order valence-corrected chi connectivity index (χ1v) is 21.2. The Kier molecular flexibility index (Phi) is 16.6. The third-order valence-corrected chi connectivity index (χ3v) is 13.5. The summed E-state index contributed by atoms with van der Waals surface area (Å²) in [6, 6.07) is 6.45. The van der Waals surface area contributed by atoms with Crippen molar-refractivity contribution < 1.29 is 68.3 Å². The van der Waals surface area contributed by atoms with Gasteiger partial charge in [0.2, 0.25) is 0 Å². The van der Waals surface area contributed by atoms with Crippen LogP contribution >= 0.6 is 0 Å². The van der Waals surface area contributed by atoms with Gasteiger partial charge in [0.1, 0.15) is 35.4 Å². The number of benzene rings is 1. The first-order valence-electron chi connectivity index (χ1n) is 21.2. The van der Waals surface area contributed by atoms with Crippen LogP contribution in [0.3, 0.4) is 0 Å². The van der Waals surface area contributed by atoms with Crippen molar-refractivity contribution in [3.8, 4) is 5.75 Å². The number of cyclic esters (lactones) is 1. The van der Waals surface area contributed by atoms with Gasteiger partial charge in [0, 0.05) is 51.0 Å². The molecule has 59 heavy (non-hydrogen) atoms. The smallest absolute Gasteiger partial charge is 0.311 e. The molecule has 15 heteroatoms. The molecule has 3 fully saturated rings. The fourth-order valence-corrected chi connectivity index (χ4v) is 9.52. The predicted molar refractivity (Wildman–Crippen MR) is 217 cm³/mol. The third-order valence-electron chi connectivity index (χ3n) is 13.5.